The Hall–Kier alpha value is -1.76. The van der Waals surface area contributed by atoms with Crippen LogP contribution in [0.5, 0.6) is 5.75 Å². The van der Waals surface area contributed by atoms with Crippen LogP contribution in [-0.2, 0) is 14.8 Å². The van der Waals surface area contributed by atoms with Crippen LogP contribution in [0.1, 0.15) is 33.1 Å². The first-order chi connectivity index (χ1) is 10.9. The lowest BCUT2D eigenvalue weighted by molar-refractivity contribution is -0.123. The highest BCUT2D eigenvalue weighted by atomic mass is 32.2. The molecule has 0 radical (unpaired) electrons. The van der Waals surface area contributed by atoms with Gasteiger partial charge in [0.25, 0.3) is 5.91 Å². The van der Waals surface area contributed by atoms with Crippen molar-refractivity contribution in [2.45, 2.75) is 33.1 Å². The lowest BCUT2D eigenvalue weighted by atomic mass is 10.2. The van der Waals surface area contributed by atoms with Crippen molar-refractivity contribution in [3.8, 4) is 5.75 Å². The Morgan fingerprint density at radius 2 is 1.83 bits per heavy atom. The molecule has 1 rings (SSSR count). The molecule has 1 aromatic carbocycles. The predicted molar refractivity (Wildman–Crippen MR) is 92.3 cm³/mol. The molecule has 0 saturated heterocycles. The van der Waals surface area contributed by atoms with Gasteiger partial charge in [0.1, 0.15) is 5.75 Å². The topological polar surface area (TPSA) is 75.7 Å². The summed E-state index contributed by atoms with van der Waals surface area (Å²) in [7, 11) is -3.29. The number of amides is 1. The maximum atomic E-state index is 11.7. The number of unbranched alkanes of at least 4 members (excludes halogenated alkanes) is 2. The number of carbonyl (C=O) groups is 1. The van der Waals surface area contributed by atoms with E-state index in [4.69, 9.17) is 4.74 Å². The molecular formula is C16H26N2O4S. The molecule has 0 heterocycles. The number of nitrogens with zero attached hydrogens (tertiary/aromatic N) is 1. The summed E-state index contributed by atoms with van der Waals surface area (Å²) in [5.41, 5.74) is 0.575. The average molecular weight is 342 g/mol. The normalized spacial score (nSPS) is 11.1. The molecule has 1 aromatic rings. The van der Waals surface area contributed by atoms with Crippen molar-refractivity contribution >= 4 is 21.6 Å². The summed E-state index contributed by atoms with van der Waals surface area (Å²) in [4.78, 5) is 11.6. The van der Waals surface area contributed by atoms with E-state index in [1.54, 1.807) is 31.2 Å². The fourth-order valence-electron chi connectivity index (χ4n) is 2.12. The Labute approximate surface area is 138 Å². The summed E-state index contributed by atoms with van der Waals surface area (Å²) < 4.78 is 30.0. The minimum atomic E-state index is -3.29. The second-order valence-corrected chi connectivity index (χ2v) is 7.17. The first kappa shape index (κ1) is 19.3. The van der Waals surface area contributed by atoms with E-state index in [-0.39, 0.29) is 12.5 Å². The van der Waals surface area contributed by atoms with Crippen LogP contribution < -0.4 is 14.4 Å². The van der Waals surface area contributed by atoms with Gasteiger partial charge in [-0.25, -0.2) is 8.42 Å². The van der Waals surface area contributed by atoms with Crippen LogP contribution in [0.15, 0.2) is 24.3 Å². The second-order valence-electron chi connectivity index (χ2n) is 5.27. The zero-order valence-corrected chi connectivity index (χ0v) is 14.9. The van der Waals surface area contributed by atoms with E-state index in [0.29, 0.717) is 24.5 Å². The van der Waals surface area contributed by atoms with Gasteiger partial charge in [0, 0.05) is 13.1 Å². The Morgan fingerprint density at radius 3 is 2.35 bits per heavy atom. The number of hydrogen-bond acceptors (Lipinski definition) is 4. The third-order valence-electron chi connectivity index (χ3n) is 3.28. The number of benzene rings is 1. The molecule has 0 bridgehead atoms. The summed E-state index contributed by atoms with van der Waals surface area (Å²) >= 11 is 0. The monoisotopic (exact) mass is 342 g/mol. The highest BCUT2D eigenvalue weighted by Crippen LogP contribution is 2.21. The van der Waals surface area contributed by atoms with Crippen LogP contribution in [0.4, 0.5) is 5.69 Å². The summed E-state index contributed by atoms with van der Waals surface area (Å²) in [5, 5.41) is 2.79. The van der Waals surface area contributed by atoms with Crippen molar-refractivity contribution in [2.75, 3.05) is 30.3 Å². The standard InChI is InChI=1S/C16H26N2O4S/c1-4-6-7-12-17-16(19)13-22-15-10-8-14(9-11-15)18(5-2)23(3,20)21/h8-11H,4-7,12-13H2,1-3H3,(H,17,19). The number of rotatable bonds is 10. The molecule has 23 heavy (non-hydrogen) atoms. The fourth-order valence-corrected chi connectivity index (χ4v) is 3.09. The number of ether oxygens (including phenoxy) is 1. The summed E-state index contributed by atoms with van der Waals surface area (Å²) in [6.45, 7) is 4.86. The number of nitrogens with one attached hydrogen (secondary N) is 1. The van der Waals surface area contributed by atoms with Crippen LogP contribution in [-0.4, -0.2) is 40.3 Å². The molecule has 0 atom stereocenters. The van der Waals surface area contributed by atoms with Gasteiger partial charge in [-0.05, 0) is 37.6 Å². The Balaban J connectivity index is 2.50. The van der Waals surface area contributed by atoms with E-state index in [9.17, 15) is 13.2 Å². The molecule has 0 unspecified atom stereocenters. The van der Waals surface area contributed by atoms with E-state index in [2.05, 4.69) is 12.2 Å². The minimum absolute atomic E-state index is 0.0466. The molecule has 6 nitrogen and oxygen atoms in total. The number of anilines is 1. The summed E-state index contributed by atoms with van der Waals surface area (Å²) in [5.74, 6) is 0.374. The van der Waals surface area contributed by atoms with Gasteiger partial charge in [-0.3, -0.25) is 9.10 Å². The fraction of sp³-hybridized carbons (Fsp3) is 0.562. The molecular weight excluding hydrogens is 316 g/mol. The van der Waals surface area contributed by atoms with Crippen molar-refractivity contribution in [3.63, 3.8) is 0 Å². The highest BCUT2D eigenvalue weighted by molar-refractivity contribution is 7.92. The number of sulfonamides is 1. The molecule has 0 spiro atoms. The number of carbonyl (C=O) groups excluding carboxylic acids is 1. The van der Waals surface area contributed by atoms with Crippen LogP contribution in [0.25, 0.3) is 0 Å². The van der Waals surface area contributed by atoms with Crippen molar-refractivity contribution in [1.29, 1.82) is 0 Å². The van der Waals surface area contributed by atoms with E-state index < -0.39 is 10.0 Å². The van der Waals surface area contributed by atoms with Crippen molar-refractivity contribution in [2.24, 2.45) is 0 Å². The van der Waals surface area contributed by atoms with Gasteiger partial charge in [-0.1, -0.05) is 19.8 Å². The van der Waals surface area contributed by atoms with E-state index in [1.807, 2.05) is 0 Å². The molecule has 1 N–H and O–H groups in total. The quantitative estimate of drug-likeness (QED) is 0.661. The third-order valence-corrected chi connectivity index (χ3v) is 4.55. The SMILES string of the molecule is CCCCCNC(=O)COc1ccc(N(CC)S(C)(=O)=O)cc1. The van der Waals surface area contributed by atoms with Gasteiger partial charge in [-0.2, -0.15) is 0 Å². The molecule has 0 aliphatic rings. The molecule has 0 aliphatic heterocycles. The molecule has 7 heteroatoms. The summed E-state index contributed by atoms with van der Waals surface area (Å²) in [6, 6.07) is 6.65. The third kappa shape index (κ3) is 6.90. The predicted octanol–water partition coefficient (Wildman–Crippen LogP) is 2.16. The van der Waals surface area contributed by atoms with Crippen molar-refractivity contribution in [1.82, 2.24) is 5.32 Å². The molecule has 0 aromatic heterocycles. The van der Waals surface area contributed by atoms with E-state index in [0.717, 1.165) is 19.3 Å². The van der Waals surface area contributed by atoms with Gasteiger partial charge in [0.2, 0.25) is 10.0 Å². The minimum Gasteiger partial charge on any atom is -0.484 e. The first-order valence-corrected chi connectivity index (χ1v) is 9.70. The molecule has 1 amide bonds. The van der Waals surface area contributed by atoms with Crippen LogP contribution in [0, 0.1) is 0 Å². The molecule has 130 valence electrons. The van der Waals surface area contributed by atoms with Crippen LogP contribution in [0.3, 0.4) is 0 Å². The van der Waals surface area contributed by atoms with Gasteiger partial charge in [-0.15, -0.1) is 0 Å². The maximum absolute atomic E-state index is 11.7. The Morgan fingerprint density at radius 1 is 1.17 bits per heavy atom. The molecule has 0 aliphatic carbocycles. The van der Waals surface area contributed by atoms with Gasteiger partial charge in [0.05, 0.1) is 11.9 Å². The van der Waals surface area contributed by atoms with Gasteiger partial charge < -0.3 is 10.1 Å². The van der Waals surface area contributed by atoms with Crippen LogP contribution in [0.2, 0.25) is 0 Å². The highest BCUT2D eigenvalue weighted by Gasteiger charge is 2.14. The Kier molecular flexibility index (Phi) is 7.88. The van der Waals surface area contributed by atoms with E-state index in [1.165, 1.54) is 10.6 Å². The largest absolute Gasteiger partial charge is 0.484 e. The Bertz CT molecular complexity index is 585. The molecule has 0 saturated carbocycles. The zero-order chi connectivity index (χ0) is 17.3. The lowest BCUT2D eigenvalue weighted by Gasteiger charge is -2.20. The molecule has 0 fully saturated rings. The van der Waals surface area contributed by atoms with E-state index >= 15 is 0 Å². The first-order valence-electron chi connectivity index (χ1n) is 7.85. The van der Waals surface area contributed by atoms with Gasteiger partial charge in [0.15, 0.2) is 6.61 Å². The maximum Gasteiger partial charge on any atom is 0.257 e. The van der Waals surface area contributed by atoms with Crippen LogP contribution >= 0.6 is 0 Å². The average Bonchev–Trinajstić information content (AvgIpc) is 2.50. The van der Waals surface area contributed by atoms with Gasteiger partial charge >= 0.3 is 0 Å². The lowest BCUT2D eigenvalue weighted by Crippen LogP contribution is -2.30. The summed E-state index contributed by atoms with van der Waals surface area (Å²) in [6.07, 6.45) is 4.34. The second kappa shape index (κ2) is 9.39. The zero-order valence-electron chi connectivity index (χ0n) is 14.0. The van der Waals surface area contributed by atoms with Crippen molar-refractivity contribution < 1.29 is 17.9 Å². The number of hydrogen-bond donors (Lipinski definition) is 1. The smallest absolute Gasteiger partial charge is 0.257 e. The van der Waals surface area contributed by atoms with Crippen molar-refractivity contribution in [3.05, 3.63) is 24.3 Å².